The van der Waals surface area contributed by atoms with Gasteiger partial charge in [0.2, 0.25) is 10.0 Å². The van der Waals surface area contributed by atoms with Crippen LogP contribution >= 0.6 is 0 Å². The molecule has 2 fully saturated rings. The Labute approximate surface area is 180 Å². The highest BCUT2D eigenvalue weighted by Gasteiger charge is 2.25. The summed E-state index contributed by atoms with van der Waals surface area (Å²) in [6, 6.07) is 8.23. The van der Waals surface area contributed by atoms with Crippen LogP contribution < -0.4 is 10.6 Å². The Balaban J connectivity index is 1.57. The topological polar surface area (TPSA) is 86.3 Å². The minimum absolute atomic E-state index is 0.00438. The van der Waals surface area contributed by atoms with Crippen molar-refractivity contribution in [3.8, 4) is 0 Å². The lowest BCUT2D eigenvalue weighted by Crippen LogP contribution is -2.44. The van der Waals surface area contributed by atoms with Gasteiger partial charge in [-0.05, 0) is 37.1 Å². The predicted octanol–water partition coefficient (Wildman–Crippen LogP) is 0.998. The summed E-state index contributed by atoms with van der Waals surface area (Å²) in [5, 5.41) is 6.76. The van der Waals surface area contributed by atoms with Crippen molar-refractivity contribution in [3.63, 3.8) is 0 Å². The van der Waals surface area contributed by atoms with Crippen LogP contribution in [0.5, 0.6) is 0 Å². The van der Waals surface area contributed by atoms with Gasteiger partial charge in [-0.1, -0.05) is 31.2 Å². The number of nitrogens with one attached hydrogen (secondary N) is 2. The first-order valence-electron chi connectivity index (χ1n) is 10.8. The number of nitrogens with zero attached hydrogens (tertiary/aromatic N) is 3. The van der Waals surface area contributed by atoms with Crippen molar-refractivity contribution in [3.05, 3.63) is 35.4 Å². The molecule has 0 radical (unpaired) electrons. The van der Waals surface area contributed by atoms with Crippen LogP contribution in [0.25, 0.3) is 0 Å². The zero-order valence-corrected chi connectivity index (χ0v) is 19.0. The molecule has 30 heavy (non-hydrogen) atoms. The molecular formula is C21H35N5O3S. The largest absolute Gasteiger partial charge is 0.379 e. The molecule has 1 unspecified atom stereocenters. The average molecular weight is 438 g/mol. The monoisotopic (exact) mass is 437 g/mol. The summed E-state index contributed by atoms with van der Waals surface area (Å²) in [5.74, 6) is 0.744. The quantitative estimate of drug-likeness (QED) is 0.466. The van der Waals surface area contributed by atoms with Crippen LogP contribution in [0.3, 0.4) is 0 Å². The molecule has 0 spiro atoms. The normalized spacial score (nSPS) is 21.7. The third-order valence-electron chi connectivity index (χ3n) is 5.90. The lowest BCUT2D eigenvalue weighted by Gasteiger charge is -2.26. The van der Waals surface area contributed by atoms with Crippen molar-refractivity contribution >= 4 is 16.0 Å². The van der Waals surface area contributed by atoms with Gasteiger partial charge in [0.25, 0.3) is 0 Å². The van der Waals surface area contributed by atoms with Gasteiger partial charge in [-0.15, -0.1) is 0 Å². The van der Waals surface area contributed by atoms with Crippen LogP contribution in [0.15, 0.2) is 29.3 Å². The van der Waals surface area contributed by atoms with E-state index < -0.39 is 10.0 Å². The molecule has 1 aromatic rings. The van der Waals surface area contributed by atoms with Gasteiger partial charge in [0.05, 0.1) is 19.0 Å². The fraction of sp³-hybridized carbons (Fsp3) is 0.667. The minimum Gasteiger partial charge on any atom is -0.379 e. The van der Waals surface area contributed by atoms with Crippen molar-refractivity contribution in [2.45, 2.75) is 38.1 Å². The number of hydrogen-bond acceptors (Lipinski definition) is 5. The molecule has 3 rings (SSSR count). The van der Waals surface area contributed by atoms with Gasteiger partial charge in [0.1, 0.15) is 0 Å². The van der Waals surface area contributed by atoms with E-state index in [1.54, 1.807) is 7.05 Å². The molecule has 0 aromatic heterocycles. The van der Waals surface area contributed by atoms with E-state index >= 15 is 0 Å². The molecule has 1 atom stereocenters. The molecule has 2 heterocycles. The molecule has 0 bridgehead atoms. The second-order valence-corrected chi connectivity index (χ2v) is 9.74. The van der Waals surface area contributed by atoms with Crippen LogP contribution in [-0.4, -0.2) is 82.6 Å². The first-order chi connectivity index (χ1) is 14.5. The molecule has 168 valence electrons. The highest BCUT2D eigenvalue weighted by atomic mass is 32.2. The molecule has 9 heteroatoms. The fourth-order valence-corrected chi connectivity index (χ4v) is 5.70. The van der Waals surface area contributed by atoms with E-state index in [0.29, 0.717) is 38.9 Å². The van der Waals surface area contributed by atoms with E-state index in [2.05, 4.69) is 27.4 Å². The molecule has 2 aliphatic rings. The molecule has 2 N–H and O–H groups in total. The van der Waals surface area contributed by atoms with Gasteiger partial charge in [-0.3, -0.25) is 9.89 Å². The highest BCUT2D eigenvalue weighted by Crippen LogP contribution is 2.17. The van der Waals surface area contributed by atoms with Crippen LogP contribution in [0.4, 0.5) is 0 Å². The Hall–Kier alpha value is -1.68. The molecule has 0 aliphatic carbocycles. The summed E-state index contributed by atoms with van der Waals surface area (Å²) < 4.78 is 32.4. The number of likely N-dealkylation sites (tertiary alicyclic amines) is 1. The number of benzene rings is 1. The van der Waals surface area contributed by atoms with Crippen molar-refractivity contribution < 1.29 is 13.2 Å². The van der Waals surface area contributed by atoms with Crippen molar-refractivity contribution in [1.29, 1.82) is 0 Å². The number of ether oxygens (including phenoxy) is 1. The van der Waals surface area contributed by atoms with Crippen molar-refractivity contribution in [2.75, 3.05) is 53.0 Å². The molecule has 0 amide bonds. The van der Waals surface area contributed by atoms with Gasteiger partial charge < -0.3 is 15.4 Å². The van der Waals surface area contributed by atoms with Crippen LogP contribution in [0, 0.1) is 0 Å². The molecule has 1 aromatic carbocycles. The summed E-state index contributed by atoms with van der Waals surface area (Å²) in [6.07, 6.45) is 2.46. The number of hydrogen-bond donors (Lipinski definition) is 2. The predicted molar refractivity (Wildman–Crippen MR) is 120 cm³/mol. The summed E-state index contributed by atoms with van der Waals surface area (Å²) >= 11 is 0. The van der Waals surface area contributed by atoms with Gasteiger partial charge >= 0.3 is 0 Å². The maximum Gasteiger partial charge on any atom is 0.218 e. The number of likely N-dealkylation sites (N-methyl/N-ethyl adjacent to an activating group) is 1. The van der Waals surface area contributed by atoms with E-state index in [0.717, 1.165) is 30.2 Å². The zero-order chi connectivity index (χ0) is 21.4. The Morgan fingerprint density at radius 3 is 2.60 bits per heavy atom. The Bertz CT molecular complexity index is 809. The maximum absolute atomic E-state index is 12.8. The lowest BCUT2D eigenvalue weighted by atomic mass is 10.1. The third kappa shape index (κ3) is 6.16. The Morgan fingerprint density at radius 2 is 1.90 bits per heavy atom. The van der Waals surface area contributed by atoms with Crippen molar-refractivity contribution in [2.24, 2.45) is 4.99 Å². The molecule has 8 nitrogen and oxygen atoms in total. The maximum atomic E-state index is 12.8. The van der Waals surface area contributed by atoms with Crippen molar-refractivity contribution in [1.82, 2.24) is 19.8 Å². The number of morpholine rings is 1. The molecule has 2 aliphatic heterocycles. The smallest absolute Gasteiger partial charge is 0.218 e. The molecule has 2 saturated heterocycles. The first-order valence-corrected chi connectivity index (χ1v) is 12.5. The first kappa shape index (κ1) is 23.0. The summed E-state index contributed by atoms with van der Waals surface area (Å²) in [7, 11) is -1.60. The summed E-state index contributed by atoms with van der Waals surface area (Å²) in [5.41, 5.74) is 1.79. The van der Waals surface area contributed by atoms with Gasteiger partial charge in [-0.2, -0.15) is 4.31 Å². The second-order valence-electron chi connectivity index (χ2n) is 7.77. The highest BCUT2D eigenvalue weighted by molar-refractivity contribution is 7.88. The van der Waals surface area contributed by atoms with Gasteiger partial charge in [-0.25, -0.2) is 8.42 Å². The van der Waals surface area contributed by atoms with E-state index in [1.165, 1.54) is 23.7 Å². The summed E-state index contributed by atoms with van der Waals surface area (Å²) in [4.78, 5) is 6.82. The third-order valence-corrected chi connectivity index (χ3v) is 7.73. The minimum atomic E-state index is -3.36. The zero-order valence-electron chi connectivity index (χ0n) is 18.1. The summed E-state index contributed by atoms with van der Waals surface area (Å²) in [6.45, 7) is 7.60. The van der Waals surface area contributed by atoms with Crippen LogP contribution in [0.1, 0.15) is 30.9 Å². The van der Waals surface area contributed by atoms with E-state index in [9.17, 15) is 8.42 Å². The number of rotatable bonds is 8. The number of guanidine groups is 1. The molecule has 0 saturated carbocycles. The SMILES string of the molecule is CCN1CCCC1CNC(=NC)NCc1ccccc1CS(=O)(=O)N1CCOCC1. The van der Waals surface area contributed by atoms with E-state index in [4.69, 9.17) is 4.74 Å². The van der Waals surface area contributed by atoms with Gasteiger partial charge in [0.15, 0.2) is 5.96 Å². The number of sulfonamides is 1. The van der Waals surface area contributed by atoms with E-state index in [-0.39, 0.29) is 5.75 Å². The fourth-order valence-electron chi connectivity index (χ4n) is 4.14. The Morgan fingerprint density at radius 1 is 1.17 bits per heavy atom. The Kier molecular flexibility index (Phi) is 8.50. The van der Waals surface area contributed by atoms with Gasteiger partial charge in [0, 0.05) is 39.3 Å². The van der Waals surface area contributed by atoms with E-state index in [1.807, 2.05) is 24.3 Å². The number of aliphatic imine (C=N–C) groups is 1. The second kappa shape index (κ2) is 11.1. The molecular weight excluding hydrogens is 402 g/mol. The van der Waals surface area contributed by atoms with Crippen LogP contribution in [0.2, 0.25) is 0 Å². The average Bonchev–Trinajstić information content (AvgIpc) is 3.23. The standard InChI is InChI=1S/C21H35N5O3S/c1-3-25-10-6-9-20(25)16-24-21(22-2)23-15-18-7-4-5-8-19(18)17-30(27,28)26-11-13-29-14-12-26/h4-5,7-8,20H,3,6,9-17H2,1-2H3,(H2,22,23,24). The lowest BCUT2D eigenvalue weighted by molar-refractivity contribution is 0.0729. The van der Waals surface area contributed by atoms with Crippen LogP contribution in [-0.2, 0) is 27.1 Å².